The number of aliphatic imine (C=N–C) groups is 2. The van der Waals surface area contributed by atoms with Crippen LogP contribution in [0, 0.1) is 0 Å². The molecule has 2 aromatic rings. The van der Waals surface area contributed by atoms with Crippen LogP contribution >= 0.6 is 0 Å². The lowest BCUT2D eigenvalue weighted by Gasteiger charge is -2.24. The lowest BCUT2D eigenvalue weighted by molar-refractivity contribution is -0.149. The minimum atomic E-state index is -0.954. The fourth-order valence-electron chi connectivity index (χ4n) is 4.07. The van der Waals surface area contributed by atoms with Gasteiger partial charge in [-0.05, 0) is 68.8 Å². The Morgan fingerprint density at radius 2 is 1.34 bits per heavy atom. The lowest BCUT2D eigenvalue weighted by atomic mass is 9.92. The van der Waals surface area contributed by atoms with Crippen molar-refractivity contribution in [3.8, 4) is 11.5 Å². The number of hydrogen-bond donors (Lipinski definition) is 0. The average Bonchev–Trinajstić information content (AvgIpc) is 3.52. The van der Waals surface area contributed by atoms with Gasteiger partial charge in [0.2, 0.25) is 11.8 Å². The summed E-state index contributed by atoms with van der Waals surface area (Å²) in [4.78, 5) is 32.2. The van der Waals surface area contributed by atoms with Gasteiger partial charge in [-0.3, -0.25) is 0 Å². The number of carbonyl (C=O) groups is 2. The fourth-order valence-corrected chi connectivity index (χ4v) is 4.07. The van der Waals surface area contributed by atoms with Crippen LogP contribution < -0.4 is 9.47 Å². The van der Waals surface area contributed by atoms with E-state index in [1.165, 1.54) is 14.2 Å². The highest BCUT2D eigenvalue weighted by atomic mass is 16.5. The first-order valence-corrected chi connectivity index (χ1v) is 12.2. The summed E-state index contributed by atoms with van der Waals surface area (Å²) in [5, 5.41) is 0. The van der Waals surface area contributed by atoms with Crippen molar-refractivity contribution in [2.45, 2.75) is 51.0 Å². The second kappa shape index (κ2) is 12.4. The highest BCUT2D eigenvalue weighted by molar-refractivity contribution is 5.99. The molecule has 0 N–H and O–H groups in total. The molecular weight excluding hydrogens is 492 g/mol. The maximum absolute atomic E-state index is 12.0. The van der Waals surface area contributed by atoms with Crippen molar-refractivity contribution in [3.63, 3.8) is 0 Å². The van der Waals surface area contributed by atoms with E-state index in [9.17, 15) is 9.59 Å². The van der Waals surface area contributed by atoms with Crippen LogP contribution in [0.3, 0.4) is 0 Å². The molecule has 38 heavy (non-hydrogen) atoms. The van der Waals surface area contributed by atoms with Crippen molar-refractivity contribution in [1.82, 2.24) is 0 Å². The molecule has 10 nitrogen and oxygen atoms in total. The second-order valence-corrected chi connectivity index (χ2v) is 8.63. The van der Waals surface area contributed by atoms with Crippen molar-refractivity contribution >= 4 is 23.7 Å². The summed E-state index contributed by atoms with van der Waals surface area (Å²) in [5.74, 6) is 1.69. The Labute approximate surface area is 222 Å². The smallest absolute Gasteiger partial charge is 0.337 e. The number of ether oxygens (including phenoxy) is 6. The lowest BCUT2D eigenvalue weighted by Crippen LogP contribution is -2.44. The van der Waals surface area contributed by atoms with Crippen molar-refractivity contribution < 1.29 is 38.0 Å². The topological polar surface area (TPSA) is 114 Å². The fraction of sp³-hybridized carbons (Fsp3) is 0.429. The normalized spacial score (nSPS) is 23.5. The standard InChI is InChI=1S/C15H19NO4.C13H15NO4/c1-5-15(14(17)19-4)10(2)20-13(16-15)11-6-8-12(18-3)9-7-11;1-8-11(13(15)17-3)14-12(18-8)9-4-6-10(16-2)7-5-9/h6-10H,5H2,1-4H3;4-8,11H,1-3H3/t10-,15-;8-,11+/m11/s1. The van der Waals surface area contributed by atoms with Gasteiger partial charge in [0.1, 0.15) is 23.7 Å². The number of esters is 2. The molecule has 0 aliphatic carbocycles. The molecule has 0 aromatic heterocycles. The van der Waals surface area contributed by atoms with E-state index in [1.807, 2.05) is 62.4 Å². The predicted molar refractivity (Wildman–Crippen MR) is 141 cm³/mol. The minimum absolute atomic E-state index is 0.311. The number of carbonyl (C=O) groups excluding carboxylic acids is 2. The van der Waals surface area contributed by atoms with E-state index in [0.717, 1.165) is 22.6 Å². The van der Waals surface area contributed by atoms with Gasteiger partial charge in [0.25, 0.3) is 0 Å². The minimum Gasteiger partial charge on any atom is -0.497 e. The van der Waals surface area contributed by atoms with E-state index in [0.29, 0.717) is 18.2 Å². The van der Waals surface area contributed by atoms with Gasteiger partial charge in [0, 0.05) is 11.1 Å². The van der Waals surface area contributed by atoms with E-state index in [4.69, 9.17) is 23.7 Å². The monoisotopic (exact) mass is 526 g/mol. The molecule has 204 valence electrons. The zero-order valence-electron chi connectivity index (χ0n) is 22.7. The van der Waals surface area contributed by atoms with Crippen LogP contribution in [0.2, 0.25) is 0 Å². The van der Waals surface area contributed by atoms with E-state index in [-0.39, 0.29) is 24.1 Å². The van der Waals surface area contributed by atoms with E-state index >= 15 is 0 Å². The maximum atomic E-state index is 12.0. The molecule has 2 aliphatic heterocycles. The van der Waals surface area contributed by atoms with Gasteiger partial charge in [-0.1, -0.05) is 6.92 Å². The van der Waals surface area contributed by atoms with Crippen LogP contribution in [-0.2, 0) is 28.5 Å². The van der Waals surface area contributed by atoms with Crippen LogP contribution in [0.4, 0.5) is 0 Å². The Bertz CT molecular complexity index is 1180. The quantitative estimate of drug-likeness (QED) is 0.503. The van der Waals surface area contributed by atoms with Crippen LogP contribution in [0.15, 0.2) is 58.5 Å². The van der Waals surface area contributed by atoms with Crippen LogP contribution in [0.5, 0.6) is 11.5 Å². The summed E-state index contributed by atoms with van der Waals surface area (Å²) in [6.45, 7) is 5.53. The van der Waals surface area contributed by atoms with Gasteiger partial charge < -0.3 is 28.4 Å². The van der Waals surface area contributed by atoms with E-state index in [2.05, 4.69) is 14.7 Å². The summed E-state index contributed by atoms with van der Waals surface area (Å²) >= 11 is 0. The highest BCUT2D eigenvalue weighted by Gasteiger charge is 2.50. The van der Waals surface area contributed by atoms with E-state index < -0.39 is 11.6 Å². The molecule has 10 heteroatoms. The average molecular weight is 527 g/mol. The number of methoxy groups -OCH3 is 4. The summed E-state index contributed by atoms with van der Waals surface area (Å²) in [6, 6.07) is 14.1. The molecule has 0 amide bonds. The Kier molecular flexibility index (Phi) is 9.33. The summed E-state index contributed by atoms with van der Waals surface area (Å²) in [7, 11) is 5.93. The largest absolute Gasteiger partial charge is 0.497 e. The molecule has 0 saturated heterocycles. The van der Waals surface area contributed by atoms with Gasteiger partial charge in [-0.2, -0.15) is 0 Å². The first kappa shape index (κ1) is 28.5. The zero-order valence-corrected chi connectivity index (χ0v) is 22.7. The Balaban J connectivity index is 0.000000212. The number of nitrogens with zero attached hydrogens (tertiary/aromatic N) is 2. The van der Waals surface area contributed by atoms with E-state index in [1.54, 1.807) is 21.1 Å². The summed E-state index contributed by atoms with van der Waals surface area (Å²) in [5.41, 5.74) is 0.676. The molecule has 0 bridgehead atoms. The Hall–Kier alpha value is -4.08. The molecule has 0 fully saturated rings. The molecule has 2 aromatic carbocycles. The molecule has 0 spiro atoms. The Morgan fingerprint density at radius 1 is 0.816 bits per heavy atom. The first-order valence-electron chi connectivity index (χ1n) is 12.2. The molecule has 0 unspecified atom stereocenters. The molecule has 4 atom stereocenters. The molecule has 0 saturated carbocycles. The van der Waals surface area contributed by atoms with Crippen molar-refractivity contribution in [2.24, 2.45) is 9.98 Å². The summed E-state index contributed by atoms with van der Waals surface area (Å²) in [6.07, 6.45) is -0.132. The number of rotatable bonds is 7. The third kappa shape index (κ3) is 5.90. The Morgan fingerprint density at radius 3 is 1.79 bits per heavy atom. The van der Waals surface area contributed by atoms with Crippen LogP contribution in [0.1, 0.15) is 38.3 Å². The third-order valence-corrected chi connectivity index (χ3v) is 6.45. The SMILES string of the molecule is CC[C@@]1(C(=O)OC)N=C(c2ccc(OC)cc2)O[C@@H]1C.COC(=O)[C@H]1N=C(c2ccc(OC)cc2)O[C@@H]1C. The zero-order chi connectivity index (χ0) is 27.9. The van der Waals surface area contributed by atoms with Gasteiger partial charge in [-0.25, -0.2) is 19.6 Å². The van der Waals surface area contributed by atoms with Gasteiger partial charge in [-0.15, -0.1) is 0 Å². The number of benzene rings is 2. The molecule has 4 rings (SSSR count). The van der Waals surface area contributed by atoms with Crippen LogP contribution in [-0.4, -0.2) is 76.0 Å². The predicted octanol–water partition coefficient (Wildman–Crippen LogP) is 3.58. The first-order chi connectivity index (χ1) is 18.2. The third-order valence-electron chi connectivity index (χ3n) is 6.45. The van der Waals surface area contributed by atoms with Gasteiger partial charge >= 0.3 is 11.9 Å². The van der Waals surface area contributed by atoms with Crippen molar-refractivity contribution in [3.05, 3.63) is 59.7 Å². The second-order valence-electron chi connectivity index (χ2n) is 8.63. The molecule has 2 heterocycles. The highest BCUT2D eigenvalue weighted by Crippen LogP contribution is 2.32. The van der Waals surface area contributed by atoms with Crippen molar-refractivity contribution in [1.29, 1.82) is 0 Å². The van der Waals surface area contributed by atoms with Crippen LogP contribution in [0.25, 0.3) is 0 Å². The molecular formula is C28H34N2O8. The van der Waals surface area contributed by atoms with Crippen molar-refractivity contribution in [2.75, 3.05) is 28.4 Å². The summed E-state index contributed by atoms with van der Waals surface area (Å²) < 4.78 is 31.1. The number of hydrogen-bond acceptors (Lipinski definition) is 10. The van der Waals surface area contributed by atoms with Gasteiger partial charge in [0.15, 0.2) is 11.6 Å². The van der Waals surface area contributed by atoms with Gasteiger partial charge in [0.05, 0.1) is 28.4 Å². The maximum Gasteiger partial charge on any atom is 0.337 e. The molecule has 0 radical (unpaired) electrons. The molecule has 2 aliphatic rings.